The molecule has 0 saturated carbocycles. The number of esters is 3. The zero-order valence-corrected chi connectivity index (χ0v) is 48.6. The summed E-state index contributed by atoms with van der Waals surface area (Å²) in [5.74, 6) is -0.915. The summed E-state index contributed by atoms with van der Waals surface area (Å²) in [7, 11) is 0. The van der Waals surface area contributed by atoms with Crippen LogP contribution in [0.25, 0.3) is 0 Å². The lowest BCUT2D eigenvalue weighted by Crippen LogP contribution is -2.30. The molecule has 0 aliphatic carbocycles. The first-order valence-corrected chi connectivity index (χ1v) is 31.2. The van der Waals surface area contributed by atoms with E-state index in [-0.39, 0.29) is 31.1 Å². The van der Waals surface area contributed by atoms with Gasteiger partial charge >= 0.3 is 17.9 Å². The third kappa shape index (κ3) is 59.2. The highest BCUT2D eigenvalue weighted by atomic mass is 16.6. The van der Waals surface area contributed by atoms with Gasteiger partial charge in [-0.3, -0.25) is 14.4 Å². The zero-order valence-electron chi connectivity index (χ0n) is 48.6. The van der Waals surface area contributed by atoms with E-state index in [0.29, 0.717) is 19.3 Å². The monoisotopic (exact) mass is 1030 g/mol. The smallest absolute Gasteiger partial charge is 0.306 e. The molecule has 6 nitrogen and oxygen atoms in total. The largest absolute Gasteiger partial charge is 0.462 e. The van der Waals surface area contributed by atoms with Crippen molar-refractivity contribution in [1.29, 1.82) is 0 Å². The Labute approximate surface area is 457 Å². The summed E-state index contributed by atoms with van der Waals surface area (Å²) in [6.45, 7) is 6.51. The van der Waals surface area contributed by atoms with Crippen molar-refractivity contribution in [2.45, 2.75) is 303 Å². The summed E-state index contributed by atoms with van der Waals surface area (Å²) in [6.07, 6.45) is 82.6. The van der Waals surface area contributed by atoms with Gasteiger partial charge in [0.05, 0.1) is 0 Å². The summed E-state index contributed by atoms with van der Waals surface area (Å²) in [5, 5.41) is 0. The van der Waals surface area contributed by atoms with Gasteiger partial charge in [0.2, 0.25) is 0 Å². The SMILES string of the molecule is CC/C=C\C/C=C\C/C=C\C/C=C\C/C=C\C/C=C\C/C=C\CCCCCC(=O)OCC(COC(=O)CCCCCCCCCCCCCC)OC(=O)CCCCCCCCCCC/C=C\CCCCCCCC. The summed E-state index contributed by atoms with van der Waals surface area (Å²) in [6, 6.07) is 0. The third-order valence-corrected chi connectivity index (χ3v) is 13.3. The average molecular weight is 1030 g/mol. The number of unbranched alkanes of at least 4 members (excludes halogenated alkanes) is 29. The van der Waals surface area contributed by atoms with Crippen molar-refractivity contribution < 1.29 is 28.6 Å². The quantitative estimate of drug-likeness (QED) is 0.0261. The minimum atomic E-state index is -0.792. The first-order chi connectivity index (χ1) is 36.5. The van der Waals surface area contributed by atoms with Crippen LogP contribution >= 0.6 is 0 Å². The van der Waals surface area contributed by atoms with E-state index in [1.807, 2.05) is 0 Å². The lowest BCUT2D eigenvalue weighted by atomic mass is 10.0. The Morgan fingerprint density at radius 3 is 0.851 bits per heavy atom. The lowest BCUT2D eigenvalue weighted by molar-refractivity contribution is -0.167. The molecule has 0 aromatic carbocycles. The molecule has 0 N–H and O–H groups in total. The Balaban J connectivity index is 4.39. The van der Waals surface area contributed by atoms with E-state index >= 15 is 0 Å². The Morgan fingerprint density at radius 2 is 0.527 bits per heavy atom. The van der Waals surface area contributed by atoms with Crippen LogP contribution in [0.4, 0.5) is 0 Å². The van der Waals surface area contributed by atoms with Gasteiger partial charge in [-0.05, 0) is 103 Å². The fraction of sp³-hybridized carbons (Fsp3) is 0.721. The highest BCUT2D eigenvalue weighted by molar-refractivity contribution is 5.71. The molecule has 6 heteroatoms. The van der Waals surface area contributed by atoms with Gasteiger partial charge in [-0.1, -0.05) is 272 Å². The Hall–Kier alpha value is -3.67. The minimum absolute atomic E-state index is 0.0868. The number of ether oxygens (including phenoxy) is 3. The average Bonchev–Trinajstić information content (AvgIpc) is 3.40. The number of hydrogen-bond acceptors (Lipinski definition) is 6. The number of carbonyl (C=O) groups excluding carboxylic acids is 3. The first-order valence-electron chi connectivity index (χ1n) is 31.2. The van der Waals surface area contributed by atoms with Gasteiger partial charge in [-0.2, -0.15) is 0 Å². The predicted octanol–water partition coefficient (Wildman–Crippen LogP) is 21.3. The molecule has 0 amide bonds. The van der Waals surface area contributed by atoms with Crippen molar-refractivity contribution in [2.24, 2.45) is 0 Å². The van der Waals surface area contributed by atoms with Gasteiger partial charge in [-0.25, -0.2) is 0 Å². The second kappa shape index (κ2) is 61.9. The molecule has 0 bridgehead atoms. The van der Waals surface area contributed by atoms with E-state index in [2.05, 4.69) is 118 Å². The van der Waals surface area contributed by atoms with Crippen LogP contribution in [0.2, 0.25) is 0 Å². The molecular weight excluding hydrogens is 913 g/mol. The van der Waals surface area contributed by atoms with Crippen molar-refractivity contribution in [3.8, 4) is 0 Å². The summed E-state index contributed by atoms with van der Waals surface area (Å²) in [5.41, 5.74) is 0. The van der Waals surface area contributed by atoms with Crippen molar-refractivity contribution in [1.82, 2.24) is 0 Å². The summed E-state index contributed by atoms with van der Waals surface area (Å²) < 4.78 is 16.9. The minimum Gasteiger partial charge on any atom is -0.462 e. The number of hydrogen-bond donors (Lipinski definition) is 0. The fourth-order valence-electron chi connectivity index (χ4n) is 8.65. The highest BCUT2D eigenvalue weighted by Crippen LogP contribution is 2.16. The molecule has 0 saturated heterocycles. The van der Waals surface area contributed by atoms with E-state index in [1.54, 1.807) is 0 Å². The molecule has 1 atom stereocenters. The van der Waals surface area contributed by atoms with Crippen molar-refractivity contribution in [3.05, 3.63) is 97.2 Å². The fourth-order valence-corrected chi connectivity index (χ4v) is 8.65. The van der Waals surface area contributed by atoms with E-state index < -0.39 is 6.10 Å². The van der Waals surface area contributed by atoms with Gasteiger partial charge in [-0.15, -0.1) is 0 Å². The van der Waals surface area contributed by atoms with Crippen molar-refractivity contribution in [3.63, 3.8) is 0 Å². The Kier molecular flexibility index (Phi) is 58.8. The molecule has 0 aromatic rings. The summed E-state index contributed by atoms with van der Waals surface area (Å²) in [4.78, 5) is 38.2. The molecule has 0 rings (SSSR count). The normalized spacial score (nSPS) is 12.7. The van der Waals surface area contributed by atoms with Crippen LogP contribution in [0.3, 0.4) is 0 Å². The maximum atomic E-state index is 12.9. The number of carbonyl (C=O) groups is 3. The number of allylic oxidation sites excluding steroid dienone is 16. The third-order valence-electron chi connectivity index (χ3n) is 13.3. The number of rotatable bonds is 56. The maximum Gasteiger partial charge on any atom is 0.306 e. The van der Waals surface area contributed by atoms with Crippen LogP contribution in [0.15, 0.2) is 97.2 Å². The second-order valence-electron chi connectivity index (χ2n) is 20.6. The van der Waals surface area contributed by atoms with Gasteiger partial charge in [0.1, 0.15) is 13.2 Å². The Morgan fingerprint density at radius 1 is 0.284 bits per heavy atom. The van der Waals surface area contributed by atoms with E-state index in [0.717, 1.165) is 109 Å². The molecule has 0 radical (unpaired) electrons. The second-order valence-corrected chi connectivity index (χ2v) is 20.6. The van der Waals surface area contributed by atoms with Crippen molar-refractivity contribution >= 4 is 17.9 Å². The van der Waals surface area contributed by atoms with Crippen LogP contribution in [0.5, 0.6) is 0 Å². The predicted molar refractivity (Wildman–Crippen MR) is 320 cm³/mol. The lowest BCUT2D eigenvalue weighted by Gasteiger charge is -2.18. The van der Waals surface area contributed by atoms with Crippen LogP contribution in [-0.4, -0.2) is 37.2 Å². The van der Waals surface area contributed by atoms with Gasteiger partial charge < -0.3 is 14.2 Å². The molecule has 0 aliphatic heterocycles. The molecule has 0 heterocycles. The van der Waals surface area contributed by atoms with Crippen LogP contribution < -0.4 is 0 Å². The van der Waals surface area contributed by atoms with E-state index in [9.17, 15) is 14.4 Å². The molecule has 0 aliphatic rings. The molecule has 1 unspecified atom stereocenters. The first kappa shape index (κ1) is 70.3. The van der Waals surface area contributed by atoms with Gasteiger partial charge in [0.25, 0.3) is 0 Å². The molecule has 424 valence electrons. The van der Waals surface area contributed by atoms with Crippen molar-refractivity contribution in [2.75, 3.05) is 13.2 Å². The Bertz CT molecular complexity index is 1460. The van der Waals surface area contributed by atoms with Crippen LogP contribution in [-0.2, 0) is 28.6 Å². The maximum absolute atomic E-state index is 12.9. The zero-order chi connectivity index (χ0) is 53.6. The highest BCUT2D eigenvalue weighted by Gasteiger charge is 2.19. The van der Waals surface area contributed by atoms with E-state index in [4.69, 9.17) is 14.2 Å². The molecule has 74 heavy (non-hydrogen) atoms. The molecule has 0 fully saturated rings. The van der Waals surface area contributed by atoms with Gasteiger partial charge in [0, 0.05) is 19.3 Å². The molecule has 0 aromatic heterocycles. The molecule has 0 spiro atoms. The van der Waals surface area contributed by atoms with E-state index in [1.165, 1.54) is 148 Å². The summed E-state index contributed by atoms with van der Waals surface area (Å²) >= 11 is 0. The van der Waals surface area contributed by atoms with Crippen LogP contribution in [0, 0.1) is 0 Å². The van der Waals surface area contributed by atoms with Gasteiger partial charge in [0.15, 0.2) is 6.10 Å². The molecular formula is C68H116O6. The standard InChI is InChI=1S/C68H116O6/c1-4-7-10-13-16-19-22-25-27-29-31-32-33-34-35-36-38-39-41-43-46-49-52-55-58-61-67(70)73-64-65(63-72-66(69)60-57-54-51-48-45-24-21-18-15-12-9-6-3)74-68(71)62-59-56-53-50-47-44-42-40-37-30-28-26-23-20-17-14-11-8-5-2/h7,10,16,19,25-28,31-32,34-35,38-39,43,46,65H,4-6,8-9,11-15,17-18,20-24,29-30,33,36-37,40-42,44-45,47-64H2,1-3H3/b10-7-,19-16-,27-25-,28-26-,32-31-,35-34-,39-38-,46-43-. The van der Waals surface area contributed by atoms with Crippen LogP contribution in [0.1, 0.15) is 297 Å². The topological polar surface area (TPSA) is 78.9 Å².